The van der Waals surface area contributed by atoms with Crippen molar-refractivity contribution in [2.45, 2.75) is 18.7 Å². The Morgan fingerprint density at radius 3 is 2.32 bits per heavy atom. The molecule has 0 radical (unpaired) electrons. The van der Waals surface area contributed by atoms with Crippen molar-refractivity contribution in [3.8, 4) is 5.75 Å². The van der Waals surface area contributed by atoms with Crippen LogP contribution in [-0.4, -0.2) is 27.1 Å². The minimum absolute atomic E-state index is 0.0918. The molecule has 2 aromatic carbocycles. The number of nitrogens with one attached hydrogen (secondary N) is 2. The molecule has 7 nitrogen and oxygen atoms in total. The number of ether oxygens (including phenoxy) is 1. The molecule has 0 saturated heterocycles. The van der Waals surface area contributed by atoms with E-state index in [9.17, 15) is 13.2 Å². The lowest BCUT2D eigenvalue weighted by atomic mass is 10.2. The monoisotopic (exact) mass is 361 g/mol. The van der Waals surface area contributed by atoms with Crippen LogP contribution in [0.3, 0.4) is 0 Å². The second kappa shape index (κ2) is 8.29. The summed E-state index contributed by atoms with van der Waals surface area (Å²) in [6, 6.07) is 12.9. The van der Waals surface area contributed by atoms with Crippen molar-refractivity contribution in [1.29, 1.82) is 0 Å². The normalized spacial score (nSPS) is 11.3. The second-order valence-electron chi connectivity index (χ2n) is 5.06. The highest BCUT2D eigenvalue weighted by atomic mass is 32.2. The summed E-state index contributed by atoms with van der Waals surface area (Å²) in [4.78, 5) is 13.2. The molecule has 2 N–H and O–H groups in total. The van der Waals surface area contributed by atoms with Gasteiger partial charge in [0.25, 0.3) is 10.0 Å². The van der Waals surface area contributed by atoms with Crippen LogP contribution in [0, 0.1) is 0 Å². The van der Waals surface area contributed by atoms with Gasteiger partial charge in [-0.3, -0.25) is 4.79 Å². The van der Waals surface area contributed by atoms with Crippen LogP contribution in [0.4, 0.5) is 5.69 Å². The zero-order valence-electron chi connectivity index (χ0n) is 13.9. The van der Waals surface area contributed by atoms with Gasteiger partial charge in [-0.05, 0) is 48.9 Å². The summed E-state index contributed by atoms with van der Waals surface area (Å²) in [5.74, 6) is 0.439. The van der Waals surface area contributed by atoms with Gasteiger partial charge in [0.1, 0.15) is 5.75 Å². The van der Waals surface area contributed by atoms with Gasteiger partial charge in [0, 0.05) is 12.6 Å². The number of hydrogen-bond donors (Lipinski definition) is 2. The number of carbonyl (C=O) groups excluding carboxylic acids is 1. The quantitative estimate of drug-likeness (QED) is 0.584. The van der Waals surface area contributed by atoms with Gasteiger partial charge < -0.3 is 10.1 Å². The summed E-state index contributed by atoms with van der Waals surface area (Å²) in [5, 5.41) is 6.40. The number of amides is 1. The van der Waals surface area contributed by atoms with E-state index >= 15 is 0 Å². The van der Waals surface area contributed by atoms with Crippen LogP contribution in [0.15, 0.2) is 58.5 Å². The zero-order chi connectivity index (χ0) is 18.3. The van der Waals surface area contributed by atoms with Gasteiger partial charge in [0.05, 0.1) is 17.7 Å². The van der Waals surface area contributed by atoms with Gasteiger partial charge in [-0.1, -0.05) is 12.1 Å². The Morgan fingerprint density at radius 2 is 1.76 bits per heavy atom. The highest BCUT2D eigenvalue weighted by Gasteiger charge is 2.12. The molecule has 0 spiro atoms. The molecular weight excluding hydrogens is 342 g/mol. The first-order chi connectivity index (χ1) is 11.9. The van der Waals surface area contributed by atoms with E-state index in [0.717, 1.165) is 0 Å². The fourth-order valence-electron chi connectivity index (χ4n) is 1.96. The second-order valence-corrected chi connectivity index (χ2v) is 6.72. The minimum atomic E-state index is -3.75. The average Bonchev–Trinajstić information content (AvgIpc) is 2.57. The number of nitrogens with zero attached hydrogens (tertiary/aromatic N) is 1. The van der Waals surface area contributed by atoms with E-state index in [1.807, 2.05) is 6.92 Å². The lowest BCUT2D eigenvalue weighted by Gasteiger charge is -2.06. The molecule has 0 aliphatic carbocycles. The number of sulfonamides is 1. The fourth-order valence-corrected chi connectivity index (χ4v) is 2.75. The third kappa shape index (κ3) is 5.61. The maximum atomic E-state index is 12.2. The van der Waals surface area contributed by atoms with Crippen molar-refractivity contribution in [2.24, 2.45) is 5.10 Å². The van der Waals surface area contributed by atoms with Crippen molar-refractivity contribution in [1.82, 2.24) is 4.83 Å². The maximum absolute atomic E-state index is 12.2. The van der Waals surface area contributed by atoms with Crippen LogP contribution in [0.2, 0.25) is 0 Å². The predicted molar refractivity (Wildman–Crippen MR) is 96.3 cm³/mol. The predicted octanol–water partition coefficient (Wildman–Crippen LogP) is 2.36. The number of carbonyl (C=O) groups is 1. The van der Waals surface area contributed by atoms with Crippen LogP contribution in [0.1, 0.15) is 19.4 Å². The smallest absolute Gasteiger partial charge is 0.276 e. The van der Waals surface area contributed by atoms with Crippen molar-refractivity contribution in [3.05, 3.63) is 54.1 Å². The molecule has 0 aliphatic rings. The molecule has 25 heavy (non-hydrogen) atoms. The van der Waals surface area contributed by atoms with E-state index in [-0.39, 0.29) is 10.8 Å². The topological polar surface area (TPSA) is 96.9 Å². The number of hydrazone groups is 1. The van der Waals surface area contributed by atoms with Gasteiger partial charge in [-0.25, -0.2) is 4.83 Å². The molecule has 2 rings (SSSR count). The summed E-state index contributed by atoms with van der Waals surface area (Å²) in [6.07, 6.45) is 1.38. The first kappa shape index (κ1) is 18.5. The molecule has 132 valence electrons. The van der Waals surface area contributed by atoms with Crippen molar-refractivity contribution in [3.63, 3.8) is 0 Å². The summed E-state index contributed by atoms with van der Waals surface area (Å²) in [7, 11) is -3.75. The van der Waals surface area contributed by atoms with Crippen LogP contribution in [0.25, 0.3) is 0 Å². The largest absolute Gasteiger partial charge is 0.494 e. The number of anilines is 1. The van der Waals surface area contributed by atoms with Crippen LogP contribution in [-0.2, 0) is 14.8 Å². The molecule has 0 aliphatic heterocycles. The Balaban J connectivity index is 2.00. The Bertz CT molecular complexity index is 844. The van der Waals surface area contributed by atoms with E-state index in [0.29, 0.717) is 23.6 Å². The van der Waals surface area contributed by atoms with Crippen LogP contribution < -0.4 is 14.9 Å². The highest BCUT2D eigenvalue weighted by Crippen LogP contribution is 2.15. The lowest BCUT2D eigenvalue weighted by molar-refractivity contribution is -0.114. The maximum Gasteiger partial charge on any atom is 0.276 e. The Labute approximate surface area is 146 Å². The molecule has 0 atom stereocenters. The third-order valence-electron chi connectivity index (χ3n) is 3.06. The summed E-state index contributed by atoms with van der Waals surface area (Å²) in [5.41, 5.74) is 1.34. The molecule has 0 fully saturated rings. The fraction of sp³-hybridized carbons (Fsp3) is 0.176. The molecule has 1 amide bonds. The van der Waals surface area contributed by atoms with Crippen LogP contribution in [0.5, 0.6) is 5.75 Å². The van der Waals surface area contributed by atoms with Crippen molar-refractivity contribution >= 4 is 27.8 Å². The van der Waals surface area contributed by atoms with E-state index in [4.69, 9.17) is 4.74 Å². The summed E-state index contributed by atoms with van der Waals surface area (Å²) in [6.45, 7) is 3.78. The Morgan fingerprint density at radius 1 is 1.12 bits per heavy atom. The summed E-state index contributed by atoms with van der Waals surface area (Å²) < 4.78 is 29.6. The number of hydrogen-bond acceptors (Lipinski definition) is 5. The van der Waals surface area contributed by atoms with Gasteiger partial charge >= 0.3 is 0 Å². The number of rotatable bonds is 7. The van der Waals surface area contributed by atoms with E-state index in [1.54, 1.807) is 36.4 Å². The van der Waals surface area contributed by atoms with Gasteiger partial charge in [-0.2, -0.15) is 13.5 Å². The average molecular weight is 361 g/mol. The van der Waals surface area contributed by atoms with Gasteiger partial charge in [0.15, 0.2) is 0 Å². The molecular formula is C17H19N3O4S. The van der Waals surface area contributed by atoms with E-state index in [1.165, 1.54) is 25.3 Å². The SMILES string of the molecule is CCOc1ccc(S(=O)(=O)N/N=C\c2ccc(NC(C)=O)cc2)cc1. The zero-order valence-corrected chi connectivity index (χ0v) is 14.7. The van der Waals surface area contributed by atoms with Gasteiger partial charge in [-0.15, -0.1) is 0 Å². The van der Waals surface area contributed by atoms with E-state index < -0.39 is 10.0 Å². The standard InChI is InChI=1S/C17H19N3O4S/c1-3-24-16-8-10-17(11-9-16)25(22,23)20-18-12-14-4-6-15(7-5-14)19-13(2)21/h4-12,20H,3H2,1-2H3,(H,19,21)/b18-12-. The van der Waals surface area contributed by atoms with Crippen molar-refractivity contribution < 1.29 is 17.9 Å². The van der Waals surface area contributed by atoms with Gasteiger partial charge in [0.2, 0.25) is 5.91 Å². The molecule has 0 heterocycles. The molecule has 0 unspecified atom stereocenters. The minimum Gasteiger partial charge on any atom is -0.494 e. The highest BCUT2D eigenvalue weighted by molar-refractivity contribution is 7.89. The first-order valence-corrected chi connectivity index (χ1v) is 9.04. The molecule has 2 aromatic rings. The molecule has 0 saturated carbocycles. The lowest BCUT2D eigenvalue weighted by Crippen LogP contribution is -2.18. The first-order valence-electron chi connectivity index (χ1n) is 7.56. The van der Waals surface area contributed by atoms with Crippen molar-refractivity contribution in [2.75, 3.05) is 11.9 Å². The summed E-state index contributed by atoms with van der Waals surface area (Å²) >= 11 is 0. The Hall–Kier alpha value is -2.87. The number of benzene rings is 2. The molecule has 0 aromatic heterocycles. The molecule has 8 heteroatoms. The Kier molecular flexibility index (Phi) is 6.13. The third-order valence-corrected chi connectivity index (χ3v) is 4.30. The molecule has 0 bridgehead atoms. The van der Waals surface area contributed by atoms with E-state index in [2.05, 4.69) is 15.2 Å². The van der Waals surface area contributed by atoms with Crippen LogP contribution >= 0.6 is 0 Å².